The zero-order chi connectivity index (χ0) is 19.4. The van der Waals surface area contributed by atoms with Crippen LogP contribution >= 0.6 is 0 Å². The molecule has 2 aromatic carbocycles. The van der Waals surface area contributed by atoms with Crippen LogP contribution in [0.25, 0.3) is 0 Å². The molecule has 1 aliphatic carbocycles. The van der Waals surface area contributed by atoms with Crippen LogP contribution in [0.3, 0.4) is 0 Å². The third-order valence-electron chi connectivity index (χ3n) is 6.94. The number of likely N-dealkylation sites (tertiary alicyclic amines) is 1. The molecule has 1 N–H and O–H groups in total. The van der Waals surface area contributed by atoms with E-state index in [1.54, 1.807) is 7.11 Å². The molecule has 28 heavy (non-hydrogen) atoms. The van der Waals surface area contributed by atoms with Crippen LogP contribution in [-0.4, -0.2) is 36.2 Å². The second-order valence-electron chi connectivity index (χ2n) is 8.66. The molecule has 150 valence electrons. The summed E-state index contributed by atoms with van der Waals surface area (Å²) in [6.07, 6.45) is 7.71. The van der Waals surface area contributed by atoms with Crippen LogP contribution in [0.4, 0.5) is 0 Å². The van der Waals surface area contributed by atoms with Crippen LogP contribution in [0.15, 0.2) is 54.6 Å². The molecule has 0 amide bonds. The summed E-state index contributed by atoms with van der Waals surface area (Å²) >= 11 is 0. The van der Waals surface area contributed by atoms with Gasteiger partial charge in [0.05, 0.1) is 12.7 Å². The summed E-state index contributed by atoms with van der Waals surface area (Å²) in [5.74, 6) is 1.66. The predicted octanol–water partition coefficient (Wildman–Crippen LogP) is 4.78. The lowest BCUT2D eigenvalue weighted by molar-refractivity contribution is -0.0295. The van der Waals surface area contributed by atoms with Gasteiger partial charge < -0.3 is 14.7 Å². The highest BCUT2D eigenvalue weighted by Crippen LogP contribution is 2.40. The molecule has 1 heterocycles. The SMILES string of the molecule is COc1ccc(C2(O)CCC(N3CCC(Cc4ccccc4)CC3)CC2)cc1. The van der Waals surface area contributed by atoms with Gasteiger partial charge in [0.25, 0.3) is 0 Å². The van der Waals surface area contributed by atoms with E-state index in [2.05, 4.69) is 35.2 Å². The van der Waals surface area contributed by atoms with Crippen molar-refractivity contribution in [3.8, 4) is 5.75 Å². The summed E-state index contributed by atoms with van der Waals surface area (Å²) in [6.45, 7) is 2.42. The average molecular weight is 380 g/mol. The molecule has 2 aliphatic rings. The Balaban J connectivity index is 1.27. The van der Waals surface area contributed by atoms with Gasteiger partial charge in [0.2, 0.25) is 0 Å². The van der Waals surface area contributed by atoms with Gasteiger partial charge in [-0.25, -0.2) is 0 Å². The number of methoxy groups -OCH3 is 1. The summed E-state index contributed by atoms with van der Waals surface area (Å²) in [7, 11) is 1.68. The Bertz CT molecular complexity index is 727. The van der Waals surface area contributed by atoms with E-state index in [0.29, 0.717) is 6.04 Å². The normalized spacial score (nSPS) is 26.9. The molecule has 3 nitrogen and oxygen atoms in total. The highest BCUT2D eigenvalue weighted by Gasteiger charge is 2.37. The van der Waals surface area contributed by atoms with E-state index in [9.17, 15) is 5.11 Å². The molecule has 2 fully saturated rings. The number of hydrogen-bond acceptors (Lipinski definition) is 3. The van der Waals surface area contributed by atoms with Crippen molar-refractivity contribution in [3.05, 3.63) is 65.7 Å². The fourth-order valence-corrected chi connectivity index (χ4v) is 5.10. The smallest absolute Gasteiger partial charge is 0.118 e. The molecule has 0 bridgehead atoms. The maximum Gasteiger partial charge on any atom is 0.118 e. The second-order valence-corrected chi connectivity index (χ2v) is 8.66. The van der Waals surface area contributed by atoms with E-state index in [1.165, 1.54) is 37.9 Å². The minimum Gasteiger partial charge on any atom is -0.497 e. The number of nitrogens with zero attached hydrogens (tertiary/aromatic N) is 1. The summed E-state index contributed by atoms with van der Waals surface area (Å²) in [4.78, 5) is 2.69. The zero-order valence-corrected chi connectivity index (χ0v) is 17.0. The lowest BCUT2D eigenvalue weighted by atomic mass is 9.76. The van der Waals surface area contributed by atoms with Crippen molar-refractivity contribution in [3.63, 3.8) is 0 Å². The molecule has 4 rings (SSSR count). The quantitative estimate of drug-likeness (QED) is 0.811. The van der Waals surface area contributed by atoms with Gasteiger partial charge in [0, 0.05) is 6.04 Å². The number of hydrogen-bond donors (Lipinski definition) is 1. The Labute approximate surface area is 169 Å². The van der Waals surface area contributed by atoms with Crippen molar-refractivity contribution in [2.24, 2.45) is 5.92 Å². The van der Waals surface area contributed by atoms with Gasteiger partial charge >= 0.3 is 0 Å². The Kier molecular flexibility index (Phi) is 6.03. The average Bonchev–Trinajstić information content (AvgIpc) is 2.76. The van der Waals surface area contributed by atoms with Gasteiger partial charge in [-0.1, -0.05) is 42.5 Å². The monoisotopic (exact) mass is 379 g/mol. The van der Waals surface area contributed by atoms with Gasteiger partial charge in [-0.2, -0.15) is 0 Å². The van der Waals surface area contributed by atoms with Crippen molar-refractivity contribution in [2.45, 2.75) is 56.6 Å². The summed E-state index contributed by atoms with van der Waals surface area (Å²) in [5.41, 5.74) is 1.84. The van der Waals surface area contributed by atoms with Crippen molar-refractivity contribution < 1.29 is 9.84 Å². The van der Waals surface area contributed by atoms with Gasteiger partial charge in [-0.3, -0.25) is 0 Å². The van der Waals surface area contributed by atoms with Crippen LogP contribution in [0.2, 0.25) is 0 Å². The topological polar surface area (TPSA) is 32.7 Å². The van der Waals surface area contributed by atoms with Crippen molar-refractivity contribution in [1.29, 1.82) is 0 Å². The zero-order valence-electron chi connectivity index (χ0n) is 17.0. The molecule has 1 aliphatic heterocycles. The van der Waals surface area contributed by atoms with Crippen molar-refractivity contribution in [2.75, 3.05) is 20.2 Å². The molecule has 0 spiro atoms. The third-order valence-corrected chi connectivity index (χ3v) is 6.94. The third kappa shape index (κ3) is 4.42. The minimum absolute atomic E-state index is 0.635. The maximum absolute atomic E-state index is 11.2. The van der Waals surface area contributed by atoms with Gasteiger partial charge in [0.15, 0.2) is 0 Å². The first-order valence-corrected chi connectivity index (χ1v) is 10.8. The highest BCUT2D eigenvalue weighted by molar-refractivity contribution is 5.31. The molecule has 0 aromatic heterocycles. The van der Waals surface area contributed by atoms with Crippen LogP contribution in [-0.2, 0) is 12.0 Å². The van der Waals surface area contributed by atoms with Crippen molar-refractivity contribution >= 4 is 0 Å². The van der Waals surface area contributed by atoms with Gasteiger partial charge in [0.1, 0.15) is 5.75 Å². The Morgan fingerprint density at radius 3 is 2.18 bits per heavy atom. The molecule has 0 unspecified atom stereocenters. The molecule has 0 atom stereocenters. The van der Waals surface area contributed by atoms with Crippen LogP contribution in [0.5, 0.6) is 5.75 Å². The minimum atomic E-state index is -0.672. The molecule has 2 aromatic rings. The summed E-state index contributed by atoms with van der Waals surface area (Å²) in [5, 5.41) is 11.2. The van der Waals surface area contributed by atoms with Crippen LogP contribution in [0.1, 0.15) is 49.7 Å². The molecular weight excluding hydrogens is 346 g/mol. The van der Waals surface area contributed by atoms with E-state index in [-0.39, 0.29) is 0 Å². The van der Waals surface area contributed by atoms with Gasteiger partial charge in [-0.15, -0.1) is 0 Å². The number of benzene rings is 2. The Hall–Kier alpha value is -1.84. The number of aliphatic hydroxyl groups is 1. The van der Waals surface area contributed by atoms with E-state index < -0.39 is 5.60 Å². The number of rotatable bonds is 5. The highest BCUT2D eigenvalue weighted by atomic mass is 16.5. The van der Waals surface area contributed by atoms with Crippen LogP contribution < -0.4 is 4.74 Å². The maximum atomic E-state index is 11.2. The second kappa shape index (κ2) is 8.67. The molecule has 1 saturated heterocycles. The molecule has 3 heteroatoms. The summed E-state index contributed by atoms with van der Waals surface area (Å²) in [6, 6.07) is 19.5. The van der Waals surface area contributed by atoms with E-state index in [0.717, 1.165) is 42.9 Å². The standard InChI is InChI=1S/C25H33NO2/c1-28-24-9-7-22(8-10-24)25(27)15-11-23(12-16-25)26-17-13-21(14-18-26)19-20-5-3-2-4-6-20/h2-10,21,23,27H,11-19H2,1H3. The van der Waals surface area contributed by atoms with Crippen LogP contribution in [0, 0.1) is 5.92 Å². The first-order valence-electron chi connectivity index (χ1n) is 10.8. The number of ether oxygens (including phenoxy) is 1. The first-order chi connectivity index (χ1) is 13.7. The van der Waals surface area contributed by atoms with E-state index >= 15 is 0 Å². The fraction of sp³-hybridized carbons (Fsp3) is 0.520. The lowest BCUT2D eigenvalue weighted by Crippen LogP contribution is -2.46. The Morgan fingerprint density at radius 2 is 1.57 bits per heavy atom. The van der Waals surface area contributed by atoms with E-state index in [1.807, 2.05) is 24.3 Å². The summed E-state index contributed by atoms with van der Waals surface area (Å²) < 4.78 is 5.24. The largest absolute Gasteiger partial charge is 0.497 e. The molecule has 1 saturated carbocycles. The predicted molar refractivity (Wildman–Crippen MR) is 114 cm³/mol. The number of piperidine rings is 1. The molecule has 0 radical (unpaired) electrons. The first kappa shape index (κ1) is 19.5. The van der Waals surface area contributed by atoms with E-state index in [4.69, 9.17) is 4.74 Å². The fourth-order valence-electron chi connectivity index (χ4n) is 5.10. The van der Waals surface area contributed by atoms with Crippen molar-refractivity contribution in [1.82, 2.24) is 4.90 Å². The Morgan fingerprint density at radius 1 is 0.929 bits per heavy atom. The lowest BCUT2D eigenvalue weighted by Gasteiger charge is -2.43. The molecular formula is C25H33NO2. The van der Waals surface area contributed by atoms with Gasteiger partial charge in [-0.05, 0) is 87.2 Å².